The molecule has 2 amide bonds. The number of aromatic nitrogens is 1. The predicted octanol–water partition coefficient (Wildman–Crippen LogP) is 4.60. The monoisotopic (exact) mass is 634 g/mol. The van der Waals surface area contributed by atoms with Crippen molar-refractivity contribution in [3.05, 3.63) is 95.5 Å². The van der Waals surface area contributed by atoms with Gasteiger partial charge in [-0.1, -0.05) is 43.3 Å². The third-order valence-corrected chi connectivity index (χ3v) is 10.3. The van der Waals surface area contributed by atoms with E-state index in [0.29, 0.717) is 5.56 Å². The number of aliphatic hydroxyl groups is 1. The summed E-state index contributed by atoms with van der Waals surface area (Å²) < 4.78 is 34.4. The lowest BCUT2D eigenvalue weighted by molar-refractivity contribution is 0.0388. The van der Waals surface area contributed by atoms with E-state index in [2.05, 4.69) is 10.3 Å². The van der Waals surface area contributed by atoms with Crippen molar-refractivity contribution in [1.29, 1.82) is 0 Å². The van der Waals surface area contributed by atoms with E-state index in [-0.39, 0.29) is 53.4 Å². The zero-order chi connectivity index (χ0) is 31.4. The fourth-order valence-electron chi connectivity index (χ4n) is 5.01. The molecule has 1 aliphatic rings. The first kappa shape index (κ1) is 31.3. The van der Waals surface area contributed by atoms with Gasteiger partial charge in [0.25, 0.3) is 11.8 Å². The molecule has 44 heavy (non-hydrogen) atoms. The quantitative estimate of drug-likeness (QED) is 0.275. The maximum absolute atomic E-state index is 13.8. The molecule has 10 nitrogen and oxygen atoms in total. The van der Waals surface area contributed by atoms with Gasteiger partial charge in [0.15, 0.2) is 5.75 Å². The number of amides is 2. The number of likely N-dealkylation sites (N-methyl/N-ethyl adjacent to an activating group) is 1. The van der Waals surface area contributed by atoms with Crippen LogP contribution in [0.25, 0.3) is 10.6 Å². The molecule has 230 valence electrons. The lowest BCUT2D eigenvalue weighted by atomic mass is 9.99. The Morgan fingerprint density at radius 1 is 1.14 bits per heavy atom. The first-order chi connectivity index (χ1) is 21.1. The highest BCUT2D eigenvalue weighted by Gasteiger charge is 2.36. The van der Waals surface area contributed by atoms with Gasteiger partial charge in [-0.25, -0.2) is 13.4 Å². The molecule has 1 aromatic heterocycles. The van der Waals surface area contributed by atoms with Crippen molar-refractivity contribution in [1.82, 2.24) is 14.2 Å². The molecule has 0 saturated carbocycles. The number of carbonyl (C=O) groups excluding carboxylic acids is 2. The van der Waals surface area contributed by atoms with Crippen molar-refractivity contribution in [2.45, 2.75) is 30.9 Å². The third kappa shape index (κ3) is 6.53. The highest BCUT2D eigenvalue weighted by molar-refractivity contribution is 7.89. The van der Waals surface area contributed by atoms with E-state index in [4.69, 9.17) is 4.74 Å². The van der Waals surface area contributed by atoms with Crippen LogP contribution in [0, 0.1) is 5.92 Å². The molecule has 2 N–H and O–H groups in total. The van der Waals surface area contributed by atoms with E-state index >= 15 is 0 Å². The molecule has 0 radical (unpaired) electrons. The summed E-state index contributed by atoms with van der Waals surface area (Å²) in [6.07, 6.45) is 1.02. The standard InChI is InChI=1S/C32H34N4O6S2/c1-21-18-36(22(2)20-37)32(39)26-10-7-11-27(34-30(38)23-12-14-24(15-13-23)31-33-16-17-43-31)29(26)42-28(21)19-35(3)44(40,41)25-8-5-4-6-9-25/h4-17,21-22,28,37H,18-20H2,1-3H3,(H,34,38)/t21-,22-,28-/m1/s1. The molecule has 1 aliphatic heterocycles. The molecule has 0 spiro atoms. The number of anilines is 1. The summed E-state index contributed by atoms with van der Waals surface area (Å²) in [4.78, 5) is 33.2. The van der Waals surface area contributed by atoms with Gasteiger partial charge in [-0.15, -0.1) is 11.3 Å². The minimum Gasteiger partial charge on any atom is -0.486 e. The molecule has 0 bridgehead atoms. The van der Waals surface area contributed by atoms with Crippen molar-refractivity contribution in [2.24, 2.45) is 5.92 Å². The van der Waals surface area contributed by atoms with Gasteiger partial charge in [0.05, 0.1) is 35.3 Å². The average Bonchev–Trinajstić information content (AvgIpc) is 3.58. The molecule has 4 aromatic rings. The van der Waals surface area contributed by atoms with Gasteiger partial charge in [0.1, 0.15) is 11.1 Å². The van der Waals surface area contributed by atoms with Crippen LogP contribution >= 0.6 is 11.3 Å². The molecule has 0 unspecified atom stereocenters. The smallest absolute Gasteiger partial charge is 0.258 e. The Morgan fingerprint density at radius 2 is 1.86 bits per heavy atom. The van der Waals surface area contributed by atoms with Crippen molar-refractivity contribution >= 4 is 38.9 Å². The molecule has 0 fully saturated rings. The molecule has 0 aliphatic carbocycles. The number of aliphatic hydroxyl groups excluding tert-OH is 1. The van der Waals surface area contributed by atoms with Crippen LogP contribution in [0.5, 0.6) is 5.75 Å². The predicted molar refractivity (Wildman–Crippen MR) is 169 cm³/mol. The van der Waals surface area contributed by atoms with Crippen LogP contribution in [0.2, 0.25) is 0 Å². The molecule has 0 saturated heterocycles. The van der Waals surface area contributed by atoms with Gasteiger partial charge in [0, 0.05) is 42.2 Å². The number of hydrogen-bond acceptors (Lipinski definition) is 8. The summed E-state index contributed by atoms with van der Waals surface area (Å²) in [5, 5.41) is 15.6. The van der Waals surface area contributed by atoms with E-state index < -0.39 is 28.1 Å². The fourth-order valence-corrected chi connectivity index (χ4v) is 6.86. The Kier molecular flexibility index (Phi) is 9.45. The van der Waals surface area contributed by atoms with E-state index in [1.165, 1.54) is 34.8 Å². The highest BCUT2D eigenvalue weighted by atomic mass is 32.2. The normalized spacial score (nSPS) is 17.8. The van der Waals surface area contributed by atoms with E-state index in [0.717, 1.165) is 10.6 Å². The third-order valence-electron chi connectivity index (χ3n) is 7.65. The maximum Gasteiger partial charge on any atom is 0.258 e. The van der Waals surface area contributed by atoms with Crippen LogP contribution in [-0.2, 0) is 10.0 Å². The number of nitrogens with one attached hydrogen (secondary N) is 1. The number of thiazole rings is 1. The minimum absolute atomic E-state index is 0.0200. The van der Waals surface area contributed by atoms with Gasteiger partial charge in [-0.3, -0.25) is 9.59 Å². The molecule has 5 rings (SSSR count). The number of ether oxygens (including phenoxy) is 1. The number of nitrogens with zero attached hydrogens (tertiary/aromatic N) is 3. The molecule has 12 heteroatoms. The number of benzene rings is 3. The van der Waals surface area contributed by atoms with E-state index in [9.17, 15) is 23.1 Å². The van der Waals surface area contributed by atoms with Gasteiger partial charge >= 0.3 is 0 Å². The lowest BCUT2D eigenvalue weighted by Crippen LogP contribution is -2.50. The Balaban J connectivity index is 1.47. The minimum atomic E-state index is -3.83. The zero-order valence-corrected chi connectivity index (χ0v) is 26.2. The second-order valence-corrected chi connectivity index (χ2v) is 13.7. The van der Waals surface area contributed by atoms with Crippen molar-refractivity contribution in [3.63, 3.8) is 0 Å². The first-order valence-electron chi connectivity index (χ1n) is 14.1. The molecular weight excluding hydrogens is 601 g/mol. The summed E-state index contributed by atoms with van der Waals surface area (Å²) in [5.41, 5.74) is 1.76. The van der Waals surface area contributed by atoms with Crippen LogP contribution in [0.4, 0.5) is 5.69 Å². The summed E-state index contributed by atoms with van der Waals surface area (Å²) in [5.74, 6) is -0.962. The molecular formula is C32H34N4O6S2. The van der Waals surface area contributed by atoms with Crippen LogP contribution < -0.4 is 10.1 Å². The number of carbonyl (C=O) groups is 2. The Morgan fingerprint density at radius 3 is 2.52 bits per heavy atom. The van der Waals surface area contributed by atoms with Crippen LogP contribution in [-0.4, -0.2) is 78.4 Å². The topological polar surface area (TPSA) is 129 Å². The van der Waals surface area contributed by atoms with E-state index in [1.54, 1.807) is 66.6 Å². The summed E-state index contributed by atoms with van der Waals surface area (Å²) >= 11 is 1.50. The molecule has 2 heterocycles. The second-order valence-electron chi connectivity index (χ2n) is 10.8. The largest absolute Gasteiger partial charge is 0.486 e. The van der Waals surface area contributed by atoms with Gasteiger partial charge in [-0.05, 0) is 43.3 Å². The lowest BCUT2D eigenvalue weighted by Gasteiger charge is -2.38. The second kappa shape index (κ2) is 13.3. The van der Waals surface area contributed by atoms with Crippen molar-refractivity contribution in [2.75, 3.05) is 32.1 Å². The summed E-state index contributed by atoms with van der Waals surface area (Å²) in [7, 11) is -2.34. The first-order valence-corrected chi connectivity index (χ1v) is 16.5. The van der Waals surface area contributed by atoms with Gasteiger partial charge in [0.2, 0.25) is 10.0 Å². The number of fused-ring (bicyclic) bond motifs is 1. The highest BCUT2D eigenvalue weighted by Crippen LogP contribution is 2.35. The number of hydrogen-bond donors (Lipinski definition) is 2. The maximum atomic E-state index is 13.8. The van der Waals surface area contributed by atoms with Crippen LogP contribution in [0.3, 0.4) is 0 Å². The van der Waals surface area contributed by atoms with Crippen molar-refractivity contribution < 1.29 is 27.9 Å². The Labute approximate surface area is 261 Å². The summed E-state index contributed by atoms with van der Waals surface area (Å²) in [6.45, 7) is 3.57. The fraction of sp³-hybridized carbons (Fsp3) is 0.281. The Bertz CT molecular complexity index is 1710. The van der Waals surface area contributed by atoms with Gasteiger partial charge < -0.3 is 20.1 Å². The SMILES string of the molecule is C[C@@H]1CN([C@H](C)CO)C(=O)c2cccc(NC(=O)c3ccc(-c4nccs4)cc3)c2O[C@@H]1CN(C)S(=O)(=O)c1ccccc1. The van der Waals surface area contributed by atoms with E-state index in [1.807, 2.05) is 24.4 Å². The molecule has 3 atom stereocenters. The van der Waals surface area contributed by atoms with Crippen LogP contribution in [0.1, 0.15) is 34.6 Å². The average molecular weight is 635 g/mol. The Hall–Kier alpha value is -4.10. The number of para-hydroxylation sites is 1. The molecule has 3 aromatic carbocycles. The van der Waals surface area contributed by atoms with Crippen LogP contribution in [0.15, 0.2) is 89.3 Å². The number of rotatable bonds is 9. The van der Waals surface area contributed by atoms with Crippen molar-refractivity contribution in [3.8, 4) is 16.3 Å². The zero-order valence-electron chi connectivity index (χ0n) is 24.6. The number of sulfonamides is 1. The summed E-state index contributed by atoms with van der Waals surface area (Å²) in [6, 6.07) is 19.5. The van der Waals surface area contributed by atoms with Gasteiger partial charge in [-0.2, -0.15) is 4.31 Å².